The Hall–Kier alpha value is -2.80. The van der Waals surface area contributed by atoms with E-state index in [1.54, 1.807) is 18.2 Å². The van der Waals surface area contributed by atoms with Crippen LogP contribution in [0.5, 0.6) is 5.75 Å². The minimum Gasteiger partial charge on any atom is -0.489 e. The number of fused-ring (bicyclic) bond motifs is 1. The number of ether oxygens (including phenoxy) is 1. The van der Waals surface area contributed by atoms with Gasteiger partial charge in [-0.1, -0.05) is 6.58 Å². The Morgan fingerprint density at radius 1 is 1.42 bits per heavy atom. The van der Waals surface area contributed by atoms with Gasteiger partial charge in [0.05, 0.1) is 6.61 Å². The number of furan rings is 1. The number of benzene rings is 1. The summed E-state index contributed by atoms with van der Waals surface area (Å²) in [4.78, 5) is 23.6. The molecule has 7 nitrogen and oxygen atoms in total. The van der Waals surface area contributed by atoms with Gasteiger partial charge < -0.3 is 25.3 Å². The van der Waals surface area contributed by atoms with Crippen LogP contribution in [0.25, 0.3) is 11.0 Å². The van der Waals surface area contributed by atoms with Crippen LogP contribution in [-0.2, 0) is 0 Å². The lowest BCUT2D eigenvalue weighted by Gasteiger charge is -2.06. The maximum absolute atomic E-state index is 12.4. The third-order valence-corrected chi connectivity index (χ3v) is 3.75. The van der Waals surface area contributed by atoms with Crippen molar-refractivity contribution < 1.29 is 23.8 Å². The van der Waals surface area contributed by atoms with Crippen LogP contribution < -0.4 is 15.8 Å². The van der Waals surface area contributed by atoms with E-state index >= 15 is 0 Å². The van der Waals surface area contributed by atoms with Crippen LogP contribution in [0.15, 0.2) is 34.8 Å². The first-order valence-electron chi connectivity index (χ1n) is 7.57. The van der Waals surface area contributed by atoms with Crippen LogP contribution in [0.3, 0.4) is 0 Å². The zero-order chi connectivity index (χ0) is 17.3. The van der Waals surface area contributed by atoms with Crippen molar-refractivity contribution in [2.24, 2.45) is 11.7 Å². The topological polar surface area (TPSA) is 115 Å². The first-order chi connectivity index (χ1) is 11.5. The Balaban J connectivity index is 1.95. The molecule has 7 heteroatoms. The lowest BCUT2D eigenvalue weighted by Crippen LogP contribution is -2.20. The average Bonchev–Trinajstić information content (AvgIpc) is 3.35. The minimum absolute atomic E-state index is 0.0532. The Morgan fingerprint density at radius 2 is 2.17 bits per heavy atom. The lowest BCUT2D eigenvalue weighted by atomic mass is 10.1. The van der Waals surface area contributed by atoms with E-state index in [4.69, 9.17) is 20.0 Å². The number of nitrogens with one attached hydrogen (secondary N) is 1. The van der Waals surface area contributed by atoms with Crippen LogP contribution in [0, 0.1) is 5.92 Å². The van der Waals surface area contributed by atoms with Gasteiger partial charge in [-0.15, -0.1) is 0 Å². The van der Waals surface area contributed by atoms with Crippen LogP contribution in [0.2, 0.25) is 0 Å². The molecule has 0 spiro atoms. The average molecular weight is 330 g/mol. The van der Waals surface area contributed by atoms with Crippen LogP contribution >= 0.6 is 0 Å². The summed E-state index contributed by atoms with van der Waals surface area (Å²) >= 11 is 0. The number of carbonyl (C=O) groups excluding carboxylic acids is 2. The first-order valence-corrected chi connectivity index (χ1v) is 7.57. The summed E-state index contributed by atoms with van der Waals surface area (Å²) in [5.41, 5.74) is 6.44. The first kappa shape index (κ1) is 16.1. The van der Waals surface area contributed by atoms with Crippen molar-refractivity contribution >= 4 is 28.5 Å². The van der Waals surface area contributed by atoms with Gasteiger partial charge in [0, 0.05) is 17.4 Å². The van der Waals surface area contributed by atoms with Crippen molar-refractivity contribution in [3.8, 4) is 5.75 Å². The zero-order valence-electron chi connectivity index (χ0n) is 13.0. The number of ketones is 1. The number of nitrogens with two attached hydrogens (primary N) is 1. The van der Waals surface area contributed by atoms with Crippen molar-refractivity contribution in [2.45, 2.75) is 12.8 Å². The standard InChI is InChI=1S/C17H18N2O5/c1-9(7-20)8-23-11-4-5-12-13(6-11)24-16(14(12)19-17(18)22)15(21)10-2-3-10/h4-6,10,20H,1-3,7-8H2,(H3,18,19,22). The second kappa shape index (κ2) is 6.37. The lowest BCUT2D eigenvalue weighted by molar-refractivity contribution is 0.0943. The van der Waals surface area contributed by atoms with E-state index in [1.165, 1.54) is 0 Å². The monoisotopic (exact) mass is 330 g/mol. The number of aliphatic hydroxyl groups excluding tert-OH is 1. The molecule has 1 aromatic carbocycles. The summed E-state index contributed by atoms with van der Waals surface area (Å²) < 4.78 is 11.2. The highest BCUT2D eigenvalue weighted by Gasteiger charge is 2.35. The molecule has 0 atom stereocenters. The summed E-state index contributed by atoms with van der Waals surface area (Å²) in [6.45, 7) is 3.66. The summed E-state index contributed by atoms with van der Waals surface area (Å²) in [6.07, 6.45) is 1.65. The van der Waals surface area contributed by atoms with Crippen molar-refractivity contribution in [2.75, 3.05) is 18.5 Å². The minimum atomic E-state index is -0.762. The molecule has 0 radical (unpaired) electrons. The number of rotatable bonds is 7. The molecule has 0 aliphatic heterocycles. The smallest absolute Gasteiger partial charge is 0.316 e. The second-order valence-electron chi connectivity index (χ2n) is 5.79. The van der Waals surface area contributed by atoms with Crippen LogP contribution in [0.4, 0.5) is 10.5 Å². The van der Waals surface area contributed by atoms with Crippen molar-refractivity contribution in [3.05, 3.63) is 36.1 Å². The number of hydrogen-bond acceptors (Lipinski definition) is 5. The van der Waals surface area contributed by atoms with E-state index in [-0.39, 0.29) is 30.7 Å². The van der Waals surface area contributed by atoms with Crippen molar-refractivity contribution in [1.82, 2.24) is 0 Å². The van der Waals surface area contributed by atoms with E-state index in [0.717, 1.165) is 12.8 Å². The number of urea groups is 1. The fraction of sp³-hybridized carbons (Fsp3) is 0.294. The summed E-state index contributed by atoms with van der Waals surface area (Å²) in [5.74, 6) is 0.429. The highest BCUT2D eigenvalue weighted by molar-refractivity contribution is 6.12. The van der Waals surface area contributed by atoms with E-state index in [1.807, 2.05) is 0 Å². The van der Waals surface area contributed by atoms with Crippen molar-refractivity contribution in [3.63, 3.8) is 0 Å². The Morgan fingerprint density at radius 3 is 2.79 bits per heavy atom. The molecule has 4 N–H and O–H groups in total. The summed E-state index contributed by atoms with van der Waals surface area (Å²) in [6, 6.07) is 4.22. The van der Waals surface area contributed by atoms with Gasteiger partial charge in [0.25, 0.3) is 0 Å². The maximum atomic E-state index is 12.4. The normalized spacial score (nSPS) is 13.7. The molecule has 2 amide bonds. The fourth-order valence-corrected chi connectivity index (χ4v) is 2.35. The zero-order valence-corrected chi connectivity index (χ0v) is 13.0. The Bertz CT molecular complexity index is 820. The number of primary amides is 1. The van der Waals surface area contributed by atoms with Gasteiger partial charge in [-0.3, -0.25) is 4.79 Å². The van der Waals surface area contributed by atoms with Crippen LogP contribution in [-0.4, -0.2) is 30.1 Å². The third-order valence-electron chi connectivity index (χ3n) is 3.75. The third kappa shape index (κ3) is 3.26. The summed E-state index contributed by atoms with van der Waals surface area (Å²) in [5, 5.41) is 12.0. The second-order valence-corrected chi connectivity index (χ2v) is 5.79. The highest BCUT2D eigenvalue weighted by Crippen LogP contribution is 2.39. The number of hydrogen-bond donors (Lipinski definition) is 3. The predicted octanol–water partition coefficient (Wildman–Crippen LogP) is 2.44. The molecule has 0 saturated heterocycles. The quantitative estimate of drug-likeness (QED) is 0.533. The number of aliphatic hydroxyl groups is 1. The van der Waals surface area contributed by atoms with Crippen molar-refractivity contribution in [1.29, 1.82) is 0 Å². The number of anilines is 1. The van der Waals surface area contributed by atoms with Gasteiger partial charge in [-0.05, 0) is 30.5 Å². The van der Waals surface area contributed by atoms with Crippen LogP contribution in [0.1, 0.15) is 23.4 Å². The van der Waals surface area contributed by atoms with Gasteiger partial charge in [0.15, 0.2) is 5.76 Å². The molecule has 24 heavy (non-hydrogen) atoms. The fourth-order valence-electron chi connectivity index (χ4n) is 2.35. The molecule has 1 saturated carbocycles. The molecule has 0 bridgehead atoms. The molecule has 1 aromatic heterocycles. The van der Waals surface area contributed by atoms with Gasteiger partial charge in [-0.2, -0.15) is 0 Å². The molecule has 2 aromatic rings. The van der Waals surface area contributed by atoms with E-state index in [9.17, 15) is 9.59 Å². The van der Waals surface area contributed by atoms with E-state index < -0.39 is 6.03 Å². The van der Waals surface area contributed by atoms with Gasteiger partial charge in [0.2, 0.25) is 5.78 Å². The van der Waals surface area contributed by atoms with Gasteiger partial charge in [-0.25, -0.2) is 4.79 Å². The molecule has 126 valence electrons. The molecule has 3 rings (SSSR count). The number of amides is 2. The largest absolute Gasteiger partial charge is 0.489 e. The molecule has 0 unspecified atom stereocenters. The molecule has 1 heterocycles. The molecule has 1 aliphatic carbocycles. The predicted molar refractivity (Wildman–Crippen MR) is 88.2 cm³/mol. The van der Waals surface area contributed by atoms with E-state index in [0.29, 0.717) is 28.0 Å². The highest BCUT2D eigenvalue weighted by atomic mass is 16.5. The summed E-state index contributed by atoms with van der Waals surface area (Å²) in [7, 11) is 0. The SMILES string of the molecule is C=C(CO)COc1ccc2c(NC(N)=O)c(C(=O)C3CC3)oc2c1. The molecular formula is C17H18N2O5. The Kier molecular flexibility index (Phi) is 4.26. The molecule has 1 fully saturated rings. The van der Waals surface area contributed by atoms with Gasteiger partial charge in [0.1, 0.15) is 23.6 Å². The van der Waals surface area contributed by atoms with Gasteiger partial charge >= 0.3 is 6.03 Å². The Labute approximate surface area is 138 Å². The number of carbonyl (C=O) groups is 2. The van der Waals surface area contributed by atoms with E-state index in [2.05, 4.69) is 11.9 Å². The molecular weight excluding hydrogens is 312 g/mol. The number of Topliss-reactive ketones (excluding diaryl/α,β-unsaturated/α-hetero) is 1. The molecule has 1 aliphatic rings. The maximum Gasteiger partial charge on any atom is 0.316 e.